The van der Waals surface area contributed by atoms with Crippen LogP contribution in [0.1, 0.15) is 11.6 Å². The molecular formula is C11H8ClN3O2. The Hall–Kier alpha value is -2.01. The van der Waals surface area contributed by atoms with Gasteiger partial charge in [-0.2, -0.15) is 0 Å². The number of H-pyrrole nitrogens is 1. The zero-order valence-corrected chi connectivity index (χ0v) is 9.34. The zero-order valence-electron chi connectivity index (χ0n) is 8.58. The fourth-order valence-electron chi connectivity index (χ4n) is 2.03. The Labute approximate surface area is 101 Å². The molecule has 1 aliphatic rings. The molecule has 2 heterocycles. The Morgan fingerprint density at radius 1 is 1.24 bits per heavy atom. The Balaban J connectivity index is 2.18. The molecule has 3 rings (SSSR count). The number of aromatic nitrogens is 1. The third-order valence-electron chi connectivity index (χ3n) is 2.77. The lowest BCUT2D eigenvalue weighted by molar-refractivity contribution is -0.120. The van der Waals surface area contributed by atoms with Crippen LogP contribution in [0.3, 0.4) is 0 Å². The predicted octanol–water partition coefficient (Wildman–Crippen LogP) is 1.70. The number of halogens is 1. The van der Waals surface area contributed by atoms with E-state index >= 15 is 0 Å². The molecule has 0 radical (unpaired) electrons. The highest BCUT2D eigenvalue weighted by molar-refractivity contribution is 6.35. The van der Waals surface area contributed by atoms with Crippen molar-refractivity contribution in [1.82, 2.24) is 15.6 Å². The number of hydrogen-bond donors (Lipinski definition) is 3. The highest BCUT2D eigenvalue weighted by atomic mass is 35.5. The largest absolute Gasteiger partial charge is 0.361 e. The van der Waals surface area contributed by atoms with Crippen molar-refractivity contribution in [2.45, 2.75) is 6.04 Å². The van der Waals surface area contributed by atoms with Gasteiger partial charge < -0.3 is 10.3 Å². The maximum atomic E-state index is 11.6. The first-order valence-corrected chi connectivity index (χ1v) is 5.41. The summed E-state index contributed by atoms with van der Waals surface area (Å²) in [4.78, 5) is 25.7. The van der Waals surface area contributed by atoms with Crippen molar-refractivity contribution < 1.29 is 9.59 Å². The first kappa shape index (κ1) is 10.2. The molecule has 1 saturated heterocycles. The van der Waals surface area contributed by atoms with E-state index in [9.17, 15) is 9.59 Å². The smallest absolute Gasteiger partial charge is 0.322 e. The second kappa shape index (κ2) is 3.49. The molecule has 3 amide bonds. The topological polar surface area (TPSA) is 74.0 Å². The number of urea groups is 1. The minimum atomic E-state index is -0.684. The average Bonchev–Trinajstić information content (AvgIpc) is 2.83. The molecule has 1 atom stereocenters. The molecule has 0 saturated carbocycles. The summed E-state index contributed by atoms with van der Waals surface area (Å²) in [6.45, 7) is 0. The minimum absolute atomic E-state index is 0.365. The summed E-state index contributed by atoms with van der Waals surface area (Å²) in [5, 5.41) is 6.05. The molecule has 5 nitrogen and oxygen atoms in total. The fourth-order valence-corrected chi connectivity index (χ4v) is 2.31. The molecule has 1 aromatic heterocycles. The number of benzene rings is 1. The monoisotopic (exact) mass is 249 g/mol. The van der Waals surface area contributed by atoms with Crippen molar-refractivity contribution in [1.29, 1.82) is 0 Å². The van der Waals surface area contributed by atoms with Crippen LogP contribution < -0.4 is 10.6 Å². The van der Waals surface area contributed by atoms with Gasteiger partial charge in [0.2, 0.25) is 0 Å². The van der Waals surface area contributed by atoms with Crippen molar-refractivity contribution in [2.24, 2.45) is 0 Å². The third kappa shape index (κ3) is 1.47. The van der Waals surface area contributed by atoms with Crippen molar-refractivity contribution >= 4 is 34.4 Å². The number of aromatic amines is 1. The van der Waals surface area contributed by atoms with E-state index in [1.807, 2.05) is 12.1 Å². The van der Waals surface area contributed by atoms with E-state index < -0.39 is 12.1 Å². The van der Waals surface area contributed by atoms with Crippen LogP contribution in [0, 0.1) is 0 Å². The third-order valence-corrected chi connectivity index (χ3v) is 3.09. The van der Waals surface area contributed by atoms with Gasteiger partial charge in [-0.1, -0.05) is 17.7 Å². The molecule has 0 spiro atoms. The Morgan fingerprint density at radius 3 is 2.76 bits per heavy atom. The summed E-state index contributed by atoms with van der Waals surface area (Å²) >= 11 is 6.10. The Bertz CT molecular complexity index is 635. The Morgan fingerprint density at radius 2 is 2.06 bits per heavy atom. The number of amides is 3. The summed E-state index contributed by atoms with van der Waals surface area (Å²) in [5.74, 6) is -0.365. The molecule has 0 bridgehead atoms. The number of fused-ring (bicyclic) bond motifs is 1. The molecule has 17 heavy (non-hydrogen) atoms. The normalized spacial score (nSPS) is 19.5. The van der Waals surface area contributed by atoms with Gasteiger partial charge in [-0.15, -0.1) is 0 Å². The van der Waals surface area contributed by atoms with E-state index in [0.717, 1.165) is 10.9 Å². The lowest BCUT2D eigenvalue weighted by atomic mass is 10.1. The number of imide groups is 1. The summed E-state index contributed by atoms with van der Waals surface area (Å²) in [6, 6.07) is 4.26. The van der Waals surface area contributed by atoms with Crippen molar-refractivity contribution in [3.8, 4) is 0 Å². The second-order valence-corrected chi connectivity index (χ2v) is 4.21. The summed E-state index contributed by atoms with van der Waals surface area (Å²) in [5.41, 5.74) is 1.51. The molecule has 1 aromatic carbocycles. The molecule has 6 heteroatoms. The van der Waals surface area contributed by atoms with Gasteiger partial charge in [-0.3, -0.25) is 10.1 Å². The minimum Gasteiger partial charge on any atom is -0.361 e. The molecule has 0 aliphatic carbocycles. The zero-order chi connectivity index (χ0) is 12.0. The van der Waals surface area contributed by atoms with Crippen LogP contribution in [0.4, 0.5) is 4.79 Å². The lowest BCUT2D eigenvalue weighted by Crippen LogP contribution is -2.22. The summed E-state index contributed by atoms with van der Waals surface area (Å²) in [7, 11) is 0. The average molecular weight is 250 g/mol. The quantitative estimate of drug-likeness (QED) is 0.673. The highest BCUT2D eigenvalue weighted by Gasteiger charge is 2.32. The van der Waals surface area contributed by atoms with Crippen molar-refractivity contribution in [3.63, 3.8) is 0 Å². The molecule has 86 valence electrons. The molecular weight excluding hydrogens is 242 g/mol. The number of hydrogen-bond acceptors (Lipinski definition) is 2. The number of carbonyl (C=O) groups excluding carboxylic acids is 2. The van der Waals surface area contributed by atoms with Crippen LogP contribution in [0.2, 0.25) is 5.02 Å². The maximum absolute atomic E-state index is 11.6. The SMILES string of the molecule is O=C1NC(=O)C(c2c[nH]c3cccc(Cl)c23)N1. The van der Waals surface area contributed by atoms with Crippen LogP contribution in [-0.2, 0) is 4.79 Å². The van der Waals surface area contributed by atoms with E-state index in [0.29, 0.717) is 10.6 Å². The van der Waals surface area contributed by atoms with Gasteiger partial charge in [0, 0.05) is 22.7 Å². The van der Waals surface area contributed by atoms with E-state index in [4.69, 9.17) is 11.6 Å². The van der Waals surface area contributed by atoms with Gasteiger partial charge in [-0.05, 0) is 12.1 Å². The van der Waals surface area contributed by atoms with E-state index in [2.05, 4.69) is 15.6 Å². The van der Waals surface area contributed by atoms with E-state index in [1.165, 1.54) is 0 Å². The highest BCUT2D eigenvalue weighted by Crippen LogP contribution is 2.31. The molecule has 2 aromatic rings. The van der Waals surface area contributed by atoms with Crippen molar-refractivity contribution in [3.05, 3.63) is 35.0 Å². The summed E-state index contributed by atoms with van der Waals surface area (Å²) < 4.78 is 0. The molecule has 3 N–H and O–H groups in total. The Kier molecular flexibility index (Phi) is 2.09. The van der Waals surface area contributed by atoms with Gasteiger partial charge in [-0.25, -0.2) is 4.79 Å². The van der Waals surface area contributed by atoms with Gasteiger partial charge >= 0.3 is 6.03 Å². The maximum Gasteiger partial charge on any atom is 0.322 e. The molecule has 1 fully saturated rings. The molecule has 1 unspecified atom stereocenters. The number of nitrogens with one attached hydrogen (secondary N) is 3. The molecule has 1 aliphatic heterocycles. The van der Waals surface area contributed by atoms with Crippen molar-refractivity contribution in [2.75, 3.05) is 0 Å². The van der Waals surface area contributed by atoms with Crippen LogP contribution in [0.25, 0.3) is 10.9 Å². The number of carbonyl (C=O) groups is 2. The lowest BCUT2D eigenvalue weighted by Gasteiger charge is -2.06. The van der Waals surface area contributed by atoms with E-state index in [-0.39, 0.29) is 5.91 Å². The van der Waals surface area contributed by atoms with Gasteiger partial charge in [0.05, 0.1) is 5.02 Å². The second-order valence-electron chi connectivity index (χ2n) is 3.80. The fraction of sp³-hybridized carbons (Fsp3) is 0.0909. The summed E-state index contributed by atoms with van der Waals surface area (Å²) in [6.07, 6.45) is 1.69. The van der Waals surface area contributed by atoms with Gasteiger partial charge in [0.25, 0.3) is 5.91 Å². The van der Waals surface area contributed by atoms with Gasteiger partial charge in [0.1, 0.15) is 6.04 Å². The number of rotatable bonds is 1. The standard InChI is InChI=1S/C11H8ClN3O2/c12-6-2-1-3-7-8(6)5(4-13-7)9-10(16)15-11(17)14-9/h1-4,9,13H,(H2,14,15,16,17). The van der Waals surface area contributed by atoms with Crippen LogP contribution in [0.5, 0.6) is 0 Å². The van der Waals surface area contributed by atoms with E-state index in [1.54, 1.807) is 12.3 Å². The van der Waals surface area contributed by atoms with Gasteiger partial charge in [0.15, 0.2) is 0 Å². The van der Waals surface area contributed by atoms with Crippen LogP contribution in [0.15, 0.2) is 24.4 Å². The first-order chi connectivity index (χ1) is 8.16. The predicted molar refractivity (Wildman–Crippen MR) is 62.7 cm³/mol. The first-order valence-electron chi connectivity index (χ1n) is 5.03. The van der Waals surface area contributed by atoms with Crippen LogP contribution in [-0.4, -0.2) is 16.9 Å². The van der Waals surface area contributed by atoms with Crippen LogP contribution >= 0.6 is 11.6 Å².